The molecule has 6 nitrogen and oxygen atoms in total. The second-order valence-corrected chi connectivity index (χ2v) is 5.86. The first-order valence-corrected chi connectivity index (χ1v) is 8.47. The number of pyridine rings is 1. The number of likely N-dealkylation sites (N-methyl/N-ethyl adjacent to an activating group) is 1. The largest absolute Gasteiger partial charge is 0.368 e. The van der Waals surface area contributed by atoms with Crippen molar-refractivity contribution in [3.63, 3.8) is 0 Å². The zero-order valence-corrected chi connectivity index (χ0v) is 14.0. The fourth-order valence-corrected chi connectivity index (χ4v) is 2.80. The Labute approximate surface area is 142 Å². The van der Waals surface area contributed by atoms with E-state index < -0.39 is 0 Å². The van der Waals surface area contributed by atoms with Crippen LogP contribution in [0.25, 0.3) is 10.9 Å². The summed E-state index contributed by atoms with van der Waals surface area (Å²) in [6.07, 6.45) is -0.363. The Morgan fingerprint density at radius 1 is 1.29 bits per heavy atom. The predicted octanol–water partition coefficient (Wildman–Crippen LogP) is 1.48. The average molecular weight is 328 g/mol. The maximum atomic E-state index is 12.1. The smallest absolute Gasteiger partial charge is 0.250 e. The van der Waals surface area contributed by atoms with Gasteiger partial charge in [-0.25, -0.2) is 4.98 Å². The van der Waals surface area contributed by atoms with Crippen LogP contribution in [-0.4, -0.2) is 61.2 Å². The van der Waals surface area contributed by atoms with Gasteiger partial charge in [-0.05, 0) is 24.7 Å². The molecule has 6 heteroatoms. The third-order valence-electron chi connectivity index (χ3n) is 4.22. The molecule has 1 atom stereocenters. The zero-order valence-electron chi connectivity index (χ0n) is 14.0. The van der Waals surface area contributed by atoms with Gasteiger partial charge in [0.15, 0.2) is 0 Å². The lowest BCUT2D eigenvalue weighted by Crippen LogP contribution is -2.50. The monoisotopic (exact) mass is 328 g/mol. The van der Waals surface area contributed by atoms with E-state index in [0.29, 0.717) is 26.2 Å². The number of fused-ring (bicyclic) bond motifs is 1. The van der Waals surface area contributed by atoms with Crippen LogP contribution in [0, 0.1) is 0 Å². The van der Waals surface area contributed by atoms with Crippen molar-refractivity contribution in [3.05, 3.63) is 36.4 Å². The van der Waals surface area contributed by atoms with Crippen molar-refractivity contribution in [2.75, 3.05) is 44.6 Å². The number of anilines is 1. The number of rotatable bonds is 6. The summed E-state index contributed by atoms with van der Waals surface area (Å²) in [5.41, 5.74) is 0.960. The second kappa shape index (κ2) is 8.08. The molecule has 2 aromatic rings. The SMILES string of the molecule is CCN1CCO[C@@H](C(=O)NCCNc2ccc3ccccc3n2)C1. The molecule has 3 rings (SSSR count). The molecule has 1 aliphatic rings. The van der Waals surface area contributed by atoms with E-state index in [1.54, 1.807) is 0 Å². The summed E-state index contributed by atoms with van der Waals surface area (Å²) in [5, 5.41) is 7.28. The lowest BCUT2D eigenvalue weighted by Gasteiger charge is -2.31. The quantitative estimate of drug-likeness (QED) is 0.787. The van der Waals surface area contributed by atoms with E-state index in [-0.39, 0.29) is 12.0 Å². The van der Waals surface area contributed by atoms with Gasteiger partial charge in [0.25, 0.3) is 5.91 Å². The van der Waals surface area contributed by atoms with Gasteiger partial charge in [0.05, 0.1) is 12.1 Å². The topological polar surface area (TPSA) is 66.5 Å². The number of aromatic nitrogens is 1. The molecule has 128 valence electrons. The number of nitrogens with one attached hydrogen (secondary N) is 2. The van der Waals surface area contributed by atoms with Gasteiger partial charge >= 0.3 is 0 Å². The minimum absolute atomic E-state index is 0.0404. The Hall–Kier alpha value is -2.18. The van der Waals surface area contributed by atoms with Crippen molar-refractivity contribution in [1.82, 2.24) is 15.2 Å². The fourth-order valence-electron chi connectivity index (χ4n) is 2.80. The summed E-state index contributed by atoms with van der Waals surface area (Å²) in [5.74, 6) is 0.774. The molecular formula is C18H24N4O2. The summed E-state index contributed by atoms with van der Waals surface area (Å²) < 4.78 is 5.55. The van der Waals surface area contributed by atoms with Gasteiger partial charge < -0.3 is 15.4 Å². The zero-order chi connectivity index (χ0) is 16.8. The van der Waals surface area contributed by atoms with Gasteiger partial charge in [-0.2, -0.15) is 0 Å². The molecule has 0 radical (unpaired) electrons. The molecule has 2 heterocycles. The molecule has 1 amide bonds. The number of nitrogens with zero attached hydrogens (tertiary/aromatic N) is 2. The van der Waals surface area contributed by atoms with E-state index in [4.69, 9.17) is 4.74 Å². The van der Waals surface area contributed by atoms with Crippen LogP contribution in [0.2, 0.25) is 0 Å². The van der Waals surface area contributed by atoms with Gasteiger partial charge in [-0.15, -0.1) is 0 Å². The summed E-state index contributed by atoms with van der Waals surface area (Å²) >= 11 is 0. The molecule has 0 unspecified atom stereocenters. The van der Waals surface area contributed by atoms with E-state index in [2.05, 4.69) is 27.4 Å². The van der Waals surface area contributed by atoms with Gasteiger partial charge in [0.2, 0.25) is 0 Å². The maximum absolute atomic E-state index is 12.1. The summed E-state index contributed by atoms with van der Waals surface area (Å²) in [7, 11) is 0. The molecule has 1 fully saturated rings. The van der Waals surface area contributed by atoms with Crippen LogP contribution in [0.4, 0.5) is 5.82 Å². The molecule has 0 bridgehead atoms. The second-order valence-electron chi connectivity index (χ2n) is 5.86. The lowest BCUT2D eigenvalue weighted by atomic mass is 10.2. The summed E-state index contributed by atoms with van der Waals surface area (Å²) in [6, 6.07) is 12.0. The molecule has 0 saturated carbocycles. The van der Waals surface area contributed by atoms with E-state index in [1.807, 2.05) is 36.4 Å². The van der Waals surface area contributed by atoms with Crippen molar-refractivity contribution in [3.8, 4) is 0 Å². The number of carbonyl (C=O) groups is 1. The first-order valence-electron chi connectivity index (χ1n) is 8.47. The number of hydrogen-bond acceptors (Lipinski definition) is 5. The van der Waals surface area contributed by atoms with E-state index in [1.165, 1.54) is 0 Å². The van der Waals surface area contributed by atoms with Gasteiger partial charge in [0.1, 0.15) is 11.9 Å². The molecule has 24 heavy (non-hydrogen) atoms. The lowest BCUT2D eigenvalue weighted by molar-refractivity contribution is -0.138. The minimum atomic E-state index is -0.363. The first kappa shape index (κ1) is 16.7. The number of ether oxygens (including phenoxy) is 1. The molecule has 1 aromatic heterocycles. The Bertz CT molecular complexity index is 692. The highest BCUT2D eigenvalue weighted by Gasteiger charge is 2.25. The van der Waals surface area contributed by atoms with Crippen molar-refractivity contribution in [2.45, 2.75) is 13.0 Å². The van der Waals surface area contributed by atoms with E-state index in [9.17, 15) is 4.79 Å². The number of para-hydroxylation sites is 1. The van der Waals surface area contributed by atoms with Crippen molar-refractivity contribution in [1.29, 1.82) is 0 Å². The summed E-state index contributed by atoms with van der Waals surface area (Å²) in [6.45, 7) is 6.40. The third kappa shape index (κ3) is 4.21. The number of benzene rings is 1. The maximum Gasteiger partial charge on any atom is 0.250 e. The van der Waals surface area contributed by atoms with Crippen LogP contribution in [0.5, 0.6) is 0 Å². The Morgan fingerprint density at radius 2 is 2.17 bits per heavy atom. The highest BCUT2D eigenvalue weighted by Crippen LogP contribution is 2.14. The standard InChI is InChI=1S/C18H24N4O2/c1-2-22-11-12-24-16(13-22)18(23)20-10-9-19-17-8-7-14-5-3-4-6-15(14)21-17/h3-8,16H,2,9-13H2,1H3,(H,19,21)(H,20,23)/t16-/m1/s1. The van der Waals surface area contributed by atoms with Crippen LogP contribution < -0.4 is 10.6 Å². The van der Waals surface area contributed by atoms with E-state index in [0.717, 1.165) is 29.8 Å². The highest BCUT2D eigenvalue weighted by atomic mass is 16.5. The molecule has 0 spiro atoms. The first-order chi connectivity index (χ1) is 11.8. The van der Waals surface area contributed by atoms with Crippen LogP contribution in [0.15, 0.2) is 36.4 Å². The van der Waals surface area contributed by atoms with Gasteiger partial charge in [0, 0.05) is 31.6 Å². The number of carbonyl (C=O) groups excluding carboxylic acids is 1. The Kier molecular flexibility index (Phi) is 5.61. The highest BCUT2D eigenvalue weighted by molar-refractivity contribution is 5.81. The normalized spacial score (nSPS) is 18.5. The van der Waals surface area contributed by atoms with Crippen molar-refractivity contribution in [2.24, 2.45) is 0 Å². The van der Waals surface area contributed by atoms with Gasteiger partial charge in [-0.1, -0.05) is 25.1 Å². The Morgan fingerprint density at radius 3 is 3.04 bits per heavy atom. The fraction of sp³-hybridized carbons (Fsp3) is 0.444. The minimum Gasteiger partial charge on any atom is -0.368 e. The van der Waals surface area contributed by atoms with Crippen molar-refractivity contribution < 1.29 is 9.53 Å². The van der Waals surface area contributed by atoms with Crippen LogP contribution in [0.3, 0.4) is 0 Å². The molecular weight excluding hydrogens is 304 g/mol. The molecule has 1 aromatic carbocycles. The van der Waals surface area contributed by atoms with Gasteiger partial charge in [-0.3, -0.25) is 9.69 Å². The number of morpholine rings is 1. The molecule has 1 aliphatic heterocycles. The summed E-state index contributed by atoms with van der Waals surface area (Å²) in [4.78, 5) is 18.9. The van der Waals surface area contributed by atoms with Crippen LogP contribution in [0.1, 0.15) is 6.92 Å². The third-order valence-corrected chi connectivity index (χ3v) is 4.22. The number of hydrogen-bond donors (Lipinski definition) is 2. The predicted molar refractivity (Wildman–Crippen MR) is 95.1 cm³/mol. The van der Waals surface area contributed by atoms with Crippen LogP contribution >= 0.6 is 0 Å². The Balaban J connectivity index is 1.43. The average Bonchev–Trinajstić information content (AvgIpc) is 2.65. The van der Waals surface area contributed by atoms with Crippen LogP contribution in [-0.2, 0) is 9.53 Å². The molecule has 0 aliphatic carbocycles. The van der Waals surface area contributed by atoms with Crippen molar-refractivity contribution >= 4 is 22.6 Å². The molecule has 2 N–H and O–H groups in total. The molecule has 1 saturated heterocycles. The van der Waals surface area contributed by atoms with E-state index >= 15 is 0 Å². The number of amides is 1.